The van der Waals surface area contributed by atoms with Crippen molar-refractivity contribution in [1.82, 2.24) is 5.32 Å². The minimum absolute atomic E-state index is 0.160. The van der Waals surface area contributed by atoms with Crippen LogP contribution in [0.15, 0.2) is 93.8 Å². The van der Waals surface area contributed by atoms with Crippen molar-refractivity contribution < 1.29 is 18.7 Å². The van der Waals surface area contributed by atoms with Crippen molar-refractivity contribution in [2.24, 2.45) is 0 Å². The second kappa shape index (κ2) is 9.91. The summed E-state index contributed by atoms with van der Waals surface area (Å²) >= 11 is 5.24. The van der Waals surface area contributed by atoms with Crippen molar-refractivity contribution in [3.8, 4) is 22.6 Å². The molecular formula is C25H20N2O4S. The van der Waals surface area contributed by atoms with Crippen LogP contribution in [0.1, 0.15) is 11.5 Å². The Bertz CT molecular complexity index is 1260. The van der Waals surface area contributed by atoms with E-state index in [1.54, 1.807) is 24.3 Å². The second-order valence-electron chi connectivity index (χ2n) is 6.85. The lowest BCUT2D eigenvalue weighted by molar-refractivity contribution is -0.115. The fourth-order valence-electron chi connectivity index (χ4n) is 3.04. The molecule has 2 aromatic carbocycles. The van der Waals surface area contributed by atoms with Gasteiger partial charge in [-0.2, -0.15) is 0 Å². The zero-order chi connectivity index (χ0) is 22.3. The zero-order valence-electron chi connectivity index (χ0n) is 16.9. The summed E-state index contributed by atoms with van der Waals surface area (Å²) in [5, 5.41) is 14.9. The van der Waals surface area contributed by atoms with Crippen LogP contribution in [0.3, 0.4) is 0 Å². The first kappa shape index (κ1) is 21.3. The van der Waals surface area contributed by atoms with E-state index in [9.17, 15) is 4.79 Å². The highest BCUT2D eigenvalue weighted by Crippen LogP contribution is 2.25. The molecule has 0 aliphatic carbocycles. The van der Waals surface area contributed by atoms with Crippen LogP contribution in [-0.2, 0) is 11.4 Å². The first-order valence-electron chi connectivity index (χ1n) is 9.86. The van der Waals surface area contributed by atoms with Crippen molar-refractivity contribution in [3.05, 3.63) is 96.5 Å². The standard InChI is InChI=1S/C25H20N2O4S/c28-16-21-10-13-23(31-21)18-7-4-8-19(15-18)26-25(32)27-24(29)14-11-20-9-12-22(30-20)17-5-2-1-3-6-17/h1-15,28H,16H2,(H2,26,27,29,32)/b14-11+. The van der Waals surface area contributed by atoms with Gasteiger partial charge >= 0.3 is 0 Å². The maximum absolute atomic E-state index is 12.2. The van der Waals surface area contributed by atoms with Gasteiger partial charge in [0.15, 0.2) is 5.11 Å². The van der Waals surface area contributed by atoms with Crippen LogP contribution in [0.5, 0.6) is 0 Å². The van der Waals surface area contributed by atoms with E-state index in [4.69, 9.17) is 26.2 Å². The maximum atomic E-state index is 12.2. The molecule has 2 heterocycles. The quantitative estimate of drug-likeness (QED) is 0.279. The Labute approximate surface area is 190 Å². The summed E-state index contributed by atoms with van der Waals surface area (Å²) in [6.07, 6.45) is 2.94. The van der Waals surface area contributed by atoms with E-state index in [2.05, 4.69) is 10.6 Å². The number of anilines is 1. The van der Waals surface area contributed by atoms with Gasteiger partial charge in [-0.15, -0.1) is 0 Å². The molecule has 3 N–H and O–H groups in total. The Morgan fingerprint density at radius 3 is 2.44 bits per heavy atom. The Hall–Kier alpha value is -3.94. The van der Waals surface area contributed by atoms with Gasteiger partial charge in [-0.25, -0.2) is 0 Å². The van der Waals surface area contributed by atoms with Crippen LogP contribution < -0.4 is 10.6 Å². The number of furan rings is 2. The highest BCUT2D eigenvalue weighted by molar-refractivity contribution is 7.80. The van der Waals surface area contributed by atoms with Crippen LogP contribution in [0.2, 0.25) is 0 Å². The van der Waals surface area contributed by atoms with Crippen LogP contribution in [0.25, 0.3) is 28.7 Å². The van der Waals surface area contributed by atoms with Crippen LogP contribution in [-0.4, -0.2) is 16.1 Å². The topological polar surface area (TPSA) is 87.6 Å². The fourth-order valence-corrected chi connectivity index (χ4v) is 3.26. The summed E-state index contributed by atoms with van der Waals surface area (Å²) in [4.78, 5) is 12.2. The van der Waals surface area contributed by atoms with E-state index in [-0.39, 0.29) is 17.6 Å². The Balaban J connectivity index is 1.34. The molecule has 6 nitrogen and oxygen atoms in total. The van der Waals surface area contributed by atoms with E-state index in [0.29, 0.717) is 23.0 Å². The van der Waals surface area contributed by atoms with Gasteiger partial charge in [-0.05, 0) is 54.7 Å². The zero-order valence-corrected chi connectivity index (χ0v) is 17.8. The summed E-state index contributed by atoms with van der Waals surface area (Å²) in [5.74, 6) is 2.02. The fraction of sp³-hybridized carbons (Fsp3) is 0.0400. The largest absolute Gasteiger partial charge is 0.459 e. The lowest BCUT2D eigenvalue weighted by Gasteiger charge is -2.09. The number of aliphatic hydroxyl groups excluding tert-OH is 1. The number of thiocarbonyl (C=S) groups is 1. The minimum atomic E-state index is -0.380. The highest BCUT2D eigenvalue weighted by Gasteiger charge is 2.07. The summed E-state index contributed by atoms with van der Waals surface area (Å²) in [6.45, 7) is -0.160. The van der Waals surface area contributed by atoms with Crippen molar-refractivity contribution in [2.75, 3.05) is 5.32 Å². The predicted molar refractivity (Wildman–Crippen MR) is 128 cm³/mol. The minimum Gasteiger partial charge on any atom is -0.459 e. The number of carbonyl (C=O) groups is 1. The number of hydrogen-bond donors (Lipinski definition) is 3. The molecule has 7 heteroatoms. The smallest absolute Gasteiger partial charge is 0.250 e. The lowest BCUT2D eigenvalue weighted by atomic mass is 10.1. The van der Waals surface area contributed by atoms with E-state index < -0.39 is 0 Å². The third kappa shape index (κ3) is 5.40. The van der Waals surface area contributed by atoms with E-state index >= 15 is 0 Å². The van der Waals surface area contributed by atoms with Gasteiger partial charge in [-0.3, -0.25) is 10.1 Å². The normalized spacial score (nSPS) is 10.9. The van der Waals surface area contributed by atoms with E-state index in [1.807, 2.05) is 60.7 Å². The molecule has 0 saturated carbocycles. The van der Waals surface area contributed by atoms with Gasteiger partial charge in [0, 0.05) is 22.9 Å². The third-order valence-corrected chi connectivity index (χ3v) is 4.75. The van der Waals surface area contributed by atoms with Gasteiger partial charge in [-0.1, -0.05) is 42.5 Å². The number of rotatable bonds is 6. The average molecular weight is 445 g/mol. The van der Waals surface area contributed by atoms with Crippen molar-refractivity contribution in [3.63, 3.8) is 0 Å². The molecule has 160 valence electrons. The molecule has 32 heavy (non-hydrogen) atoms. The van der Waals surface area contributed by atoms with Gasteiger partial charge in [0.25, 0.3) is 0 Å². The van der Waals surface area contributed by atoms with Gasteiger partial charge in [0.1, 0.15) is 29.6 Å². The lowest BCUT2D eigenvalue weighted by Crippen LogP contribution is -2.32. The monoisotopic (exact) mass is 444 g/mol. The molecule has 0 aliphatic rings. The molecule has 0 saturated heterocycles. The second-order valence-corrected chi connectivity index (χ2v) is 7.26. The van der Waals surface area contributed by atoms with E-state index in [1.165, 1.54) is 6.08 Å². The van der Waals surface area contributed by atoms with Crippen LogP contribution in [0.4, 0.5) is 5.69 Å². The maximum Gasteiger partial charge on any atom is 0.250 e. The number of hydrogen-bond acceptors (Lipinski definition) is 5. The molecule has 0 fully saturated rings. The summed E-state index contributed by atoms with van der Waals surface area (Å²) in [5.41, 5.74) is 2.47. The highest BCUT2D eigenvalue weighted by atomic mass is 32.1. The SMILES string of the molecule is O=C(/C=C/c1ccc(-c2ccccc2)o1)NC(=S)Nc1cccc(-c2ccc(CO)o2)c1. The molecule has 4 aromatic rings. The number of nitrogens with one attached hydrogen (secondary N) is 2. The molecule has 0 aliphatic heterocycles. The molecule has 4 rings (SSSR count). The first-order chi connectivity index (χ1) is 15.6. The Morgan fingerprint density at radius 1 is 0.906 bits per heavy atom. The molecule has 0 atom stereocenters. The predicted octanol–water partition coefficient (Wildman–Crippen LogP) is 5.23. The third-order valence-electron chi connectivity index (χ3n) is 4.54. The van der Waals surface area contributed by atoms with Crippen LogP contribution >= 0.6 is 12.2 Å². The molecular weight excluding hydrogens is 424 g/mol. The summed E-state index contributed by atoms with van der Waals surface area (Å²) < 4.78 is 11.3. The van der Waals surface area contributed by atoms with Gasteiger partial charge in [0.05, 0.1) is 0 Å². The first-order valence-corrected chi connectivity index (χ1v) is 10.3. The molecule has 0 spiro atoms. The average Bonchev–Trinajstić information content (AvgIpc) is 3.48. The van der Waals surface area contributed by atoms with Crippen molar-refractivity contribution in [2.45, 2.75) is 6.61 Å². The number of aliphatic hydroxyl groups is 1. The Morgan fingerprint density at radius 2 is 1.66 bits per heavy atom. The molecule has 0 radical (unpaired) electrons. The molecule has 0 bridgehead atoms. The summed E-state index contributed by atoms with van der Waals surface area (Å²) in [7, 11) is 0. The summed E-state index contributed by atoms with van der Waals surface area (Å²) in [6, 6.07) is 24.2. The molecule has 2 aromatic heterocycles. The van der Waals surface area contributed by atoms with Gasteiger partial charge < -0.3 is 19.3 Å². The molecule has 0 unspecified atom stereocenters. The van der Waals surface area contributed by atoms with Gasteiger partial charge in [0.2, 0.25) is 5.91 Å². The number of benzene rings is 2. The van der Waals surface area contributed by atoms with Crippen LogP contribution in [0, 0.1) is 0 Å². The Kier molecular flexibility index (Phi) is 6.60. The molecule has 1 amide bonds. The van der Waals surface area contributed by atoms with Crippen molar-refractivity contribution in [1.29, 1.82) is 0 Å². The van der Waals surface area contributed by atoms with E-state index in [0.717, 1.165) is 16.9 Å². The van der Waals surface area contributed by atoms with Crippen molar-refractivity contribution >= 4 is 35.0 Å². The number of carbonyl (C=O) groups excluding carboxylic acids is 1. The number of amides is 1.